The lowest BCUT2D eigenvalue weighted by atomic mass is 9.78. The average Bonchev–Trinajstić information content (AvgIpc) is 2.37. The smallest absolute Gasteiger partial charge is 0.317 e. The van der Waals surface area contributed by atoms with Crippen LogP contribution in [-0.2, 0) is 4.79 Å². The maximum Gasteiger partial charge on any atom is 0.317 e. The highest BCUT2D eigenvalue weighted by molar-refractivity contribution is 5.77. The number of aliphatic carboxylic acids is 1. The van der Waals surface area contributed by atoms with Gasteiger partial charge in [-0.2, -0.15) is 0 Å². The van der Waals surface area contributed by atoms with Crippen LogP contribution in [0.4, 0.5) is 4.79 Å². The highest BCUT2D eigenvalue weighted by atomic mass is 16.4. The lowest BCUT2D eigenvalue weighted by Crippen LogP contribution is -2.49. The minimum atomic E-state index is -0.927. The summed E-state index contributed by atoms with van der Waals surface area (Å²) in [5.41, 5.74) is -0.583. The summed E-state index contributed by atoms with van der Waals surface area (Å²) in [5.74, 6) is -0.898. The number of urea groups is 1. The van der Waals surface area contributed by atoms with Crippen molar-refractivity contribution in [1.82, 2.24) is 10.2 Å². The fourth-order valence-electron chi connectivity index (χ4n) is 2.09. The van der Waals surface area contributed by atoms with Crippen molar-refractivity contribution >= 4 is 12.0 Å². The van der Waals surface area contributed by atoms with Gasteiger partial charge in [0.25, 0.3) is 0 Å². The van der Waals surface area contributed by atoms with Crippen molar-refractivity contribution in [3.63, 3.8) is 0 Å². The third-order valence-electron chi connectivity index (χ3n) is 4.37. The predicted molar refractivity (Wildman–Crippen MR) is 74.0 cm³/mol. The molecule has 0 spiro atoms. The van der Waals surface area contributed by atoms with E-state index in [1.165, 1.54) is 0 Å². The highest BCUT2D eigenvalue weighted by Gasteiger charge is 2.32. The first kappa shape index (κ1) is 15.8. The molecule has 0 saturated carbocycles. The Kier molecular flexibility index (Phi) is 4.82. The van der Waals surface area contributed by atoms with Crippen molar-refractivity contribution in [3.05, 3.63) is 0 Å². The topological polar surface area (TPSA) is 69.6 Å². The zero-order chi connectivity index (χ0) is 14.7. The molecule has 1 rings (SSSR count). The largest absolute Gasteiger partial charge is 0.481 e. The Balaban J connectivity index is 2.42. The quantitative estimate of drug-likeness (QED) is 0.823. The number of carboxylic acid groups (broad SMARTS) is 1. The number of carboxylic acids is 1. The molecule has 0 radical (unpaired) electrons. The molecule has 1 aliphatic heterocycles. The fourth-order valence-corrected chi connectivity index (χ4v) is 2.09. The Morgan fingerprint density at radius 3 is 2.26 bits per heavy atom. The highest BCUT2D eigenvalue weighted by Crippen LogP contribution is 2.33. The first-order valence-corrected chi connectivity index (χ1v) is 6.96. The number of likely N-dealkylation sites (tertiary alicyclic amines) is 1. The van der Waals surface area contributed by atoms with Crippen molar-refractivity contribution in [2.75, 3.05) is 19.6 Å². The summed E-state index contributed by atoms with van der Waals surface area (Å²) in [6.45, 7) is 9.33. The first-order valence-electron chi connectivity index (χ1n) is 6.96. The number of hydrogen-bond donors (Lipinski definition) is 2. The number of piperidine rings is 1. The second kappa shape index (κ2) is 5.80. The molecular weight excluding hydrogens is 244 g/mol. The maximum atomic E-state index is 12.0. The van der Waals surface area contributed by atoms with Crippen LogP contribution in [0.5, 0.6) is 0 Å². The summed E-state index contributed by atoms with van der Waals surface area (Å²) in [6, 6.07) is -0.146. The van der Waals surface area contributed by atoms with E-state index < -0.39 is 11.4 Å². The van der Waals surface area contributed by atoms with E-state index in [-0.39, 0.29) is 12.6 Å². The van der Waals surface area contributed by atoms with Crippen molar-refractivity contribution in [2.24, 2.45) is 10.8 Å². The molecule has 0 atom stereocenters. The van der Waals surface area contributed by atoms with Crippen LogP contribution < -0.4 is 5.32 Å². The second-order valence-corrected chi connectivity index (χ2v) is 6.50. The molecule has 0 bridgehead atoms. The standard InChI is InChI=1S/C14H26N2O3/c1-5-14(4)6-8-16(9-7-14)12(19)15-10-13(2,3)11(17)18/h5-10H2,1-4H3,(H,15,19)(H,17,18). The molecule has 5 nitrogen and oxygen atoms in total. The van der Waals surface area contributed by atoms with E-state index in [4.69, 9.17) is 5.11 Å². The molecular formula is C14H26N2O3. The number of rotatable bonds is 4. The van der Waals surface area contributed by atoms with Gasteiger partial charge in [-0.05, 0) is 32.1 Å². The van der Waals surface area contributed by atoms with Crippen LogP contribution in [-0.4, -0.2) is 41.6 Å². The number of hydrogen-bond acceptors (Lipinski definition) is 2. The average molecular weight is 270 g/mol. The third-order valence-corrected chi connectivity index (χ3v) is 4.37. The molecule has 1 heterocycles. The SMILES string of the molecule is CCC1(C)CCN(C(=O)NCC(C)(C)C(=O)O)CC1. The number of carbonyl (C=O) groups is 2. The van der Waals surface area contributed by atoms with Crippen molar-refractivity contribution in [1.29, 1.82) is 0 Å². The van der Waals surface area contributed by atoms with Gasteiger partial charge in [0.2, 0.25) is 0 Å². The molecule has 0 aromatic carbocycles. The van der Waals surface area contributed by atoms with Crippen LogP contribution in [0.15, 0.2) is 0 Å². The van der Waals surface area contributed by atoms with Gasteiger partial charge < -0.3 is 15.3 Å². The molecule has 1 aliphatic rings. The molecule has 19 heavy (non-hydrogen) atoms. The maximum absolute atomic E-state index is 12.0. The van der Waals surface area contributed by atoms with Crippen LogP contribution in [0.25, 0.3) is 0 Å². The summed E-state index contributed by atoms with van der Waals surface area (Å²) >= 11 is 0. The van der Waals surface area contributed by atoms with E-state index in [0.29, 0.717) is 5.41 Å². The minimum absolute atomic E-state index is 0.146. The van der Waals surface area contributed by atoms with Crippen LogP contribution >= 0.6 is 0 Å². The van der Waals surface area contributed by atoms with Crippen LogP contribution in [0.2, 0.25) is 0 Å². The van der Waals surface area contributed by atoms with Gasteiger partial charge >= 0.3 is 12.0 Å². The van der Waals surface area contributed by atoms with E-state index in [1.54, 1.807) is 18.7 Å². The summed E-state index contributed by atoms with van der Waals surface area (Å²) in [7, 11) is 0. The molecule has 110 valence electrons. The normalized spacial score (nSPS) is 19.1. The van der Waals surface area contributed by atoms with Crippen molar-refractivity contribution < 1.29 is 14.7 Å². The number of nitrogens with one attached hydrogen (secondary N) is 1. The Labute approximate surface area is 115 Å². The van der Waals surface area contributed by atoms with Crippen molar-refractivity contribution in [3.8, 4) is 0 Å². The predicted octanol–water partition coefficient (Wildman–Crippen LogP) is 2.32. The molecule has 0 aliphatic carbocycles. The lowest BCUT2D eigenvalue weighted by Gasteiger charge is -2.39. The first-order chi connectivity index (χ1) is 8.70. The molecule has 0 aromatic heterocycles. The Morgan fingerprint density at radius 1 is 1.32 bits per heavy atom. The third kappa shape index (κ3) is 4.11. The van der Waals surface area contributed by atoms with Crippen molar-refractivity contribution in [2.45, 2.75) is 47.0 Å². The van der Waals surface area contributed by atoms with Gasteiger partial charge in [-0.25, -0.2) is 4.79 Å². The summed E-state index contributed by atoms with van der Waals surface area (Å²) in [4.78, 5) is 24.7. The molecule has 2 N–H and O–H groups in total. The molecule has 5 heteroatoms. The molecule has 0 aromatic rings. The van der Waals surface area contributed by atoms with Gasteiger partial charge in [-0.1, -0.05) is 20.3 Å². The Morgan fingerprint density at radius 2 is 1.84 bits per heavy atom. The lowest BCUT2D eigenvalue weighted by molar-refractivity contribution is -0.146. The van der Waals surface area contributed by atoms with Gasteiger partial charge in [0.15, 0.2) is 0 Å². The summed E-state index contributed by atoms with van der Waals surface area (Å²) in [5, 5.41) is 11.7. The molecule has 0 unspecified atom stereocenters. The van der Waals surface area contributed by atoms with E-state index >= 15 is 0 Å². The monoisotopic (exact) mass is 270 g/mol. The van der Waals surface area contributed by atoms with Gasteiger partial charge in [0.05, 0.1) is 5.41 Å². The fraction of sp³-hybridized carbons (Fsp3) is 0.857. The van der Waals surface area contributed by atoms with E-state index in [1.807, 2.05) is 0 Å². The second-order valence-electron chi connectivity index (χ2n) is 6.50. The van der Waals surface area contributed by atoms with E-state index in [2.05, 4.69) is 19.2 Å². The van der Waals surface area contributed by atoms with Gasteiger partial charge in [-0.3, -0.25) is 4.79 Å². The molecule has 1 saturated heterocycles. The van der Waals surface area contributed by atoms with Crippen LogP contribution in [0.3, 0.4) is 0 Å². The minimum Gasteiger partial charge on any atom is -0.481 e. The number of amides is 2. The van der Waals surface area contributed by atoms with Crippen LogP contribution in [0, 0.1) is 10.8 Å². The zero-order valence-electron chi connectivity index (χ0n) is 12.5. The van der Waals surface area contributed by atoms with Gasteiger partial charge in [0, 0.05) is 19.6 Å². The Bertz CT molecular complexity index is 345. The molecule has 2 amide bonds. The number of carbonyl (C=O) groups excluding carboxylic acids is 1. The summed E-state index contributed by atoms with van der Waals surface area (Å²) in [6.07, 6.45) is 3.16. The molecule has 1 fully saturated rings. The van der Waals surface area contributed by atoms with E-state index in [0.717, 1.165) is 32.4 Å². The number of nitrogens with zero attached hydrogens (tertiary/aromatic N) is 1. The summed E-state index contributed by atoms with van der Waals surface area (Å²) < 4.78 is 0. The van der Waals surface area contributed by atoms with Crippen LogP contribution in [0.1, 0.15) is 47.0 Å². The van der Waals surface area contributed by atoms with Gasteiger partial charge in [0.1, 0.15) is 0 Å². The Hall–Kier alpha value is -1.26. The van der Waals surface area contributed by atoms with E-state index in [9.17, 15) is 9.59 Å². The van der Waals surface area contributed by atoms with Gasteiger partial charge in [-0.15, -0.1) is 0 Å². The zero-order valence-corrected chi connectivity index (χ0v) is 12.5.